The van der Waals surface area contributed by atoms with Gasteiger partial charge in [-0.2, -0.15) is 4.98 Å². The minimum Gasteiger partial charge on any atom is -0.202 e. The van der Waals surface area contributed by atoms with E-state index in [4.69, 9.17) is 0 Å². The van der Waals surface area contributed by atoms with E-state index in [1.807, 2.05) is 30.3 Å². The zero-order valence-electron chi connectivity index (χ0n) is 10.3. The fourth-order valence-electron chi connectivity index (χ4n) is 1.90. The molecule has 98 valence electrons. The van der Waals surface area contributed by atoms with Crippen molar-refractivity contribution in [2.45, 2.75) is 0 Å². The van der Waals surface area contributed by atoms with E-state index >= 15 is 0 Å². The molecule has 0 amide bonds. The zero-order chi connectivity index (χ0) is 13.9. The number of nitrogens with zero attached hydrogens (tertiary/aromatic N) is 3. The van der Waals surface area contributed by atoms with Gasteiger partial charge in [-0.25, -0.2) is 9.97 Å². The minimum absolute atomic E-state index is 0.515. The molecule has 0 aliphatic rings. The lowest BCUT2D eigenvalue weighted by Crippen LogP contribution is -1.94. The van der Waals surface area contributed by atoms with Gasteiger partial charge in [-0.15, -0.1) is 0 Å². The molecule has 0 radical (unpaired) electrons. The molecule has 3 nitrogen and oxygen atoms in total. The quantitative estimate of drug-likeness (QED) is 0.634. The predicted octanol–water partition coefficient (Wildman–Crippen LogP) is 4.73. The highest BCUT2D eigenvalue weighted by molar-refractivity contribution is 9.11. The molecule has 3 aromatic rings. The van der Waals surface area contributed by atoms with E-state index in [9.17, 15) is 0 Å². The van der Waals surface area contributed by atoms with E-state index in [1.54, 1.807) is 0 Å². The van der Waals surface area contributed by atoms with Crippen molar-refractivity contribution in [1.82, 2.24) is 15.0 Å². The van der Waals surface area contributed by atoms with Crippen LogP contribution < -0.4 is 0 Å². The van der Waals surface area contributed by atoms with E-state index in [0.29, 0.717) is 15.3 Å². The molecule has 0 N–H and O–H groups in total. The monoisotopic (exact) mass is 389 g/mol. The lowest BCUT2D eigenvalue weighted by molar-refractivity contribution is 0.984. The second-order valence-electron chi connectivity index (χ2n) is 4.14. The predicted molar refractivity (Wildman–Crippen MR) is 86.1 cm³/mol. The molecule has 1 heterocycles. The fraction of sp³-hybridized carbons (Fsp3) is 0. The molecule has 0 aliphatic carbocycles. The average Bonchev–Trinajstić information content (AvgIpc) is 2.47. The van der Waals surface area contributed by atoms with E-state index in [1.165, 1.54) is 11.1 Å². The molecular formula is C15H9Br2N3. The van der Waals surface area contributed by atoms with Crippen molar-refractivity contribution < 1.29 is 0 Å². The minimum atomic E-state index is 0.515. The van der Waals surface area contributed by atoms with Gasteiger partial charge in [0.1, 0.15) is 0 Å². The van der Waals surface area contributed by atoms with Crippen molar-refractivity contribution in [3.05, 3.63) is 64.1 Å². The standard InChI is InChI=1S/C15H9Br2N3/c16-14-18-13(19-15(17)20-14)12-8-6-11(7-9-12)10-4-2-1-3-5-10/h1-9H. The van der Waals surface area contributed by atoms with E-state index < -0.39 is 0 Å². The fourth-order valence-corrected chi connectivity index (χ4v) is 2.81. The molecule has 0 spiro atoms. The lowest BCUT2D eigenvalue weighted by Gasteiger charge is -2.04. The van der Waals surface area contributed by atoms with Gasteiger partial charge < -0.3 is 0 Å². The second-order valence-corrected chi connectivity index (χ2v) is 5.56. The van der Waals surface area contributed by atoms with Gasteiger partial charge in [0, 0.05) is 5.56 Å². The molecular weight excluding hydrogens is 382 g/mol. The Kier molecular flexibility index (Phi) is 3.89. The van der Waals surface area contributed by atoms with Crippen molar-refractivity contribution in [2.75, 3.05) is 0 Å². The smallest absolute Gasteiger partial charge is 0.201 e. The summed E-state index contributed by atoms with van der Waals surface area (Å²) in [4.78, 5) is 12.6. The maximum Gasteiger partial charge on any atom is 0.201 e. The Morgan fingerprint density at radius 2 is 1.05 bits per heavy atom. The summed E-state index contributed by atoms with van der Waals surface area (Å²) in [6, 6.07) is 18.4. The Hall–Kier alpha value is -1.59. The van der Waals surface area contributed by atoms with Crippen molar-refractivity contribution >= 4 is 31.9 Å². The highest BCUT2D eigenvalue weighted by Crippen LogP contribution is 2.23. The summed E-state index contributed by atoms with van der Waals surface area (Å²) in [6.07, 6.45) is 0. The van der Waals surface area contributed by atoms with Crippen LogP contribution in [0.4, 0.5) is 0 Å². The Labute approximate surface area is 133 Å². The number of hydrogen-bond donors (Lipinski definition) is 0. The molecule has 2 aromatic carbocycles. The third kappa shape index (κ3) is 2.94. The Morgan fingerprint density at radius 3 is 1.65 bits per heavy atom. The number of rotatable bonds is 2. The summed E-state index contributed by atoms with van der Waals surface area (Å²) in [5.41, 5.74) is 3.31. The van der Waals surface area contributed by atoms with Crippen LogP contribution >= 0.6 is 31.9 Å². The number of benzene rings is 2. The Bertz CT molecular complexity index is 708. The highest BCUT2D eigenvalue weighted by Gasteiger charge is 2.06. The summed E-state index contributed by atoms with van der Waals surface area (Å²) in [6.45, 7) is 0. The Balaban J connectivity index is 1.97. The largest absolute Gasteiger partial charge is 0.202 e. The van der Waals surface area contributed by atoms with Gasteiger partial charge in [-0.1, -0.05) is 54.6 Å². The summed E-state index contributed by atoms with van der Waals surface area (Å²) < 4.78 is 1.03. The Morgan fingerprint density at radius 1 is 0.550 bits per heavy atom. The van der Waals surface area contributed by atoms with Crippen LogP contribution in [0.25, 0.3) is 22.5 Å². The van der Waals surface area contributed by atoms with Crippen LogP contribution in [-0.2, 0) is 0 Å². The van der Waals surface area contributed by atoms with E-state index in [-0.39, 0.29) is 0 Å². The van der Waals surface area contributed by atoms with Gasteiger partial charge in [-0.3, -0.25) is 0 Å². The van der Waals surface area contributed by atoms with Crippen molar-refractivity contribution in [3.63, 3.8) is 0 Å². The highest BCUT2D eigenvalue weighted by atomic mass is 79.9. The van der Waals surface area contributed by atoms with Crippen LogP contribution in [0.2, 0.25) is 0 Å². The van der Waals surface area contributed by atoms with E-state index in [2.05, 4.69) is 71.1 Å². The molecule has 1 aromatic heterocycles. The van der Waals surface area contributed by atoms with Crippen LogP contribution in [0.3, 0.4) is 0 Å². The van der Waals surface area contributed by atoms with Crippen molar-refractivity contribution in [1.29, 1.82) is 0 Å². The third-order valence-corrected chi connectivity index (χ3v) is 3.54. The summed E-state index contributed by atoms with van der Waals surface area (Å²) in [5, 5.41) is 0. The first-order valence-corrected chi connectivity index (χ1v) is 7.54. The summed E-state index contributed by atoms with van der Waals surface area (Å²) >= 11 is 6.54. The molecule has 20 heavy (non-hydrogen) atoms. The van der Waals surface area contributed by atoms with Gasteiger partial charge in [0.15, 0.2) is 5.82 Å². The number of halogens is 2. The molecule has 3 rings (SSSR count). The van der Waals surface area contributed by atoms with Crippen LogP contribution in [-0.4, -0.2) is 15.0 Å². The topological polar surface area (TPSA) is 38.7 Å². The van der Waals surface area contributed by atoms with Crippen molar-refractivity contribution in [2.24, 2.45) is 0 Å². The summed E-state index contributed by atoms with van der Waals surface area (Å²) in [5.74, 6) is 0.637. The molecule has 0 aliphatic heterocycles. The second kappa shape index (κ2) is 5.81. The third-order valence-electron chi connectivity index (χ3n) is 2.83. The molecule has 0 unspecified atom stereocenters. The molecule has 5 heteroatoms. The van der Waals surface area contributed by atoms with Crippen LogP contribution in [0.5, 0.6) is 0 Å². The lowest BCUT2D eigenvalue weighted by atomic mass is 10.0. The maximum absolute atomic E-state index is 4.27. The number of aromatic nitrogens is 3. The molecule has 0 fully saturated rings. The van der Waals surface area contributed by atoms with E-state index in [0.717, 1.165) is 5.56 Å². The average molecular weight is 391 g/mol. The summed E-state index contributed by atoms with van der Waals surface area (Å²) in [7, 11) is 0. The molecule has 0 saturated carbocycles. The molecule has 0 bridgehead atoms. The maximum atomic E-state index is 4.27. The normalized spacial score (nSPS) is 10.5. The van der Waals surface area contributed by atoms with Crippen LogP contribution in [0, 0.1) is 0 Å². The van der Waals surface area contributed by atoms with Gasteiger partial charge in [0.05, 0.1) is 0 Å². The first-order chi connectivity index (χ1) is 9.72. The molecule has 0 atom stereocenters. The van der Waals surface area contributed by atoms with Crippen LogP contribution in [0.15, 0.2) is 64.1 Å². The van der Waals surface area contributed by atoms with Gasteiger partial charge >= 0.3 is 0 Å². The molecule has 0 saturated heterocycles. The van der Waals surface area contributed by atoms with Crippen molar-refractivity contribution in [3.8, 4) is 22.5 Å². The number of hydrogen-bond acceptors (Lipinski definition) is 3. The first kappa shape index (κ1) is 13.4. The van der Waals surface area contributed by atoms with Gasteiger partial charge in [0.2, 0.25) is 9.47 Å². The van der Waals surface area contributed by atoms with Gasteiger partial charge in [0.25, 0.3) is 0 Å². The SMILES string of the molecule is Brc1nc(Br)nc(-c2ccc(-c3ccccc3)cc2)n1. The van der Waals surface area contributed by atoms with Crippen LogP contribution in [0.1, 0.15) is 0 Å². The first-order valence-electron chi connectivity index (χ1n) is 5.95. The van der Waals surface area contributed by atoms with Gasteiger partial charge in [-0.05, 0) is 43.0 Å². The zero-order valence-corrected chi connectivity index (χ0v) is 13.5.